The molecule has 33 heavy (non-hydrogen) atoms. The van der Waals surface area contributed by atoms with E-state index < -0.39 is 6.03 Å². The minimum atomic E-state index is -0.498. The molecule has 0 aliphatic heterocycles. The molecule has 0 atom stereocenters. The fraction of sp³-hybridized carbons (Fsp3) is 0.174. The van der Waals surface area contributed by atoms with E-state index in [0.29, 0.717) is 33.6 Å². The average Bonchev–Trinajstić information content (AvgIpc) is 2.81. The number of nitrogens with one attached hydrogen (secondary N) is 4. The molecule has 0 bridgehead atoms. The number of benzene rings is 2. The molecule has 0 fully saturated rings. The molecule has 0 aliphatic rings. The predicted molar refractivity (Wildman–Crippen MR) is 127 cm³/mol. The van der Waals surface area contributed by atoms with Crippen molar-refractivity contribution in [3.05, 3.63) is 70.5 Å². The summed E-state index contributed by atoms with van der Waals surface area (Å²) in [6.45, 7) is 3.71. The Balaban J connectivity index is 1.67. The standard InChI is InChI=1S/C23H24ClN5O4/c1-13-5-6-15(10-20(13)33-16-7-8-26-19(11-16)22(30)25-3)28-29-23(31)27-18-9-14(2)17(24)12-21(18)32-4/h5-12,28H,1-4H3,(H,25,30)(H2,27,29,31). The Hall–Kier alpha value is -3.98. The zero-order valence-corrected chi connectivity index (χ0v) is 19.3. The van der Waals surface area contributed by atoms with Gasteiger partial charge in [0.2, 0.25) is 0 Å². The number of halogens is 1. The molecular formula is C23H24ClN5O4. The molecule has 2 aromatic carbocycles. The van der Waals surface area contributed by atoms with Crippen molar-refractivity contribution < 1.29 is 19.1 Å². The van der Waals surface area contributed by atoms with Gasteiger partial charge in [-0.2, -0.15) is 0 Å². The molecule has 3 amide bonds. The van der Waals surface area contributed by atoms with Crippen LogP contribution in [0.3, 0.4) is 0 Å². The van der Waals surface area contributed by atoms with Crippen LogP contribution < -0.4 is 31.0 Å². The second-order valence-corrected chi connectivity index (χ2v) is 7.45. The van der Waals surface area contributed by atoms with E-state index in [2.05, 4.69) is 26.5 Å². The molecule has 1 aromatic heterocycles. The van der Waals surface area contributed by atoms with Crippen LogP contribution in [-0.4, -0.2) is 31.1 Å². The Kier molecular flexibility index (Phi) is 7.57. The molecule has 0 radical (unpaired) electrons. The molecule has 0 spiro atoms. The molecule has 0 saturated carbocycles. The quantitative estimate of drug-likeness (QED) is 0.374. The number of urea groups is 1. The van der Waals surface area contributed by atoms with Gasteiger partial charge in [-0.3, -0.25) is 20.6 Å². The minimum absolute atomic E-state index is 0.244. The molecule has 3 aromatic rings. The maximum atomic E-state index is 12.4. The molecular weight excluding hydrogens is 446 g/mol. The number of anilines is 2. The Morgan fingerprint density at radius 3 is 2.52 bits per heavy atom. The molecule has 0 saturated heterocycles. The second-order valence-electron chi connectivity index (χ2n) is 7.04. The number of aromatic nitrogens is 1. The Bertz CT molecular complexity index is 1190. The van der Waals surface area contributed by atoms with Gasteiger partial charge in [-0.05, 0) is 43.2 Å². The van der Waals surface area contributed by atoms with Crippen LogP contribution in [0.15, 0.2) is 48.7 Å². The molecule has 0 aliphatic carbocycles. The van der Waals surface area contributed by atoms with Gasteiger partial charge in [0.25, 0.3) is 5.91 Å². The lowest BCUT2D eigenvalue weighted by Crippen LogP contribution is -2.33. The molecule has 3 rings (SSSR count). The number of hydrogen-bond acceptors (Lipinski definition) is 6. The Morgan fingerprint density at radius 2 is 1.79 bits per heavy atom. The zero-order valence-electron chi connectivity index (χ0n) is 18.6. The van der Waals surface area contributed by atoms with Crippen molar-refractivity contribution >= 4 is 34.9 Å². The topological polar surface area (TPSA) is 114 Å². The van der Waals surface area contributed by atoms with Crippen molar-refractivity contribution in [3.8, 4) is 17.2 Å². The average molecular weight is 470 g/mol. The maximum Gasteiger partial charge on any atom is 0.337 e. The van der Waals surface area contributed by atoms with Gasteiger partial charge < -0.3 is 20.1 Å². The van der Waals surface area contributed by atoms with Gasteiger partial charge in [-0.1, -0.05) is 17.7 Å². The summed E-state index contributed by atoms with van der Waals surface area (Å²) in [5, 5.41) is 5.78. The van der Waals surface area contributed by atoms with Crippen LogP contribution in [0.4, 0.5) is 16.2 Å². The normalized spacial score (nSPS) is 10.2. The summed E-state index contributed by atoms with van der Waals surface area (Å²) in [6, 6.07) is 11.4. The smallest absolute Gasteiger partial charge is 0.337 e. The van der Waals surface area contributed by atoms with Crippen LogP contribution in [0.5, 0.6) is 17.2 Å². The van der Waals surface area contributed by atoms with E-state index in [0.717, 1.165) is 11.1 Å². The third-order valence-electron chi connectivity index (χ3n) is 4.66. The monoisotopic (exact) mass is 469 g/mol. The SMILES string of the molecule is CNC(=O)c1cc(Oc2cc(NNC(=O)Nc3cc(C)c(Cl)cc3OC)ccc2C)ccn1. The largest absolute Gasteiger partial charge is 0.495 e. The highest BCUT2D eigenvalue weighted by Gasteiger charge is 2.11. The fourth-order valence-corrected chi connectivity index (χ4v) is 3.01. The Labute approximate surface area is 196 Å². The number of ether oxygens (including phenoxy) is 2. The van der Waals surface area contributed by atoms with E-state index in [1.165, 1.54) is 20.4 Å². The van der Waals surface area contributed by atoms with Crippen molar-refractivity contribution in [2.75, 3.05) is 24.9 Å². The number of hydrazine groups is 1. The lowest BCUT2D eigenvalue weighted by molar-refractivity contribution is 0.0958. The van der Waals surface area contributed by atoms with Crippen molar-refractivity contribution in [2.45, 2.75) is 13.8 Å². The van der Waals surface area contributed by atoms with Crippen molar-refractivity contribution in [1.82, 2.24) is 15.7 Å². The summed E-state index contributed by atoms with van der Waals surface area (Å²) in [7, 11) is 3.03. The van der Waals surface area contributed by atoms with Crippen molar-refractivity contribution in [2.24, 2.45) is 0 Å². The highest BCUT2D eigenvalue weighted by atomic mass is 35.5. The number of carbonyl (C=O) groups is 2. The molecule has 10 heteroatoms. The number of pyridine rings is 1. The minimum Gasteiger partial charge on any atom is -0.495 e. The number of rotatable bonds is 7. The third-order valence-corrected chi connectivity index (χ3v) is 5.06. The summed E-state index contributed by atoms with van der Waals surface area (Å²) < 4.78 is 11.2. The maximum absolute atomic E-state index is 12.4. The van der Waals surface area contributed by atoms with E-state index in [1.54, 1.807) is 36.4 Å². The van der Waals surface area contributed by atoms with Gasteiger partial charge in [0.1, 0.15) is 22.9 Å². The summed E-state index contributed by atoms with van der Waals surface area (Å²) in [5.41, 5.74) is 8.39. The van der Waals surface area contributed by atoms with Crippen molar-refractivity contribution in [1.29, 1.82) is 0 Å². The number of hydrogen-bond donors (Lipinski definition) is 4. The van der Waals surface area contributed by atoms with Gasteiger partial charge in [0.05, 0.1) is 18.5 Å². The van der Waals surface area contributed by atoms with Gasteiger partial charge >= 0.3 is 6.03 Å². The number of methoxy groups -OCH3 is 1. The van der Waals surface area contributed by atoms with Gasteiger partial charge in [0, 0.05) is 36.5 Å². The summed E-state index contributed by atoms with van der Waals surface area (Å²) in [6.07, 6.45) is 1.50. The lowest BCUT2D eigenvalue weighted by Gasteiger charge is -2.15. The van der Waals surface area contributed by atoms with Gasteiger partial charge in [0.15, 0.2) is 0 Å². The van der Waals surface area contributed by atoms with Crippen LogP contribution in [0.25, 0.3) is 0 Å². The first-order valence-corrected chi connectivity index (χ1v) is 10.3. The third kappa shape index (κ3) is 6.05. The van der Waals surface area contributed by atoms with E-state index in [9.17, 15) is 9.59 Å². The highest BCUT2D eigenvalue weighted by molar-refractivity contribution is 6.31. The van der Waals surface area contributed by atoms with Crippen molar-refractivity contribution in [3.63, 3.8) is 0 Å². The second kappa shape index (κ2) is 10.6. The van der Waals surface area contributed by atoms with E-state index in [4.69, 9.17) is 21.1 Å². The zero-order chi connectivity index (χ0) is 24.0. The first-order valence-electron chi connectivity index (χ1n) is 9.94. The lowest BCUT2D eigenvalue weighted by atomic mass is 10.2. The number of aryl methyl sites for hydroxylation is 2. The van der Waals surface area contributed by atoms with Crippen LogP contribution in [0.2, 0.25) is 5.02 Å². The van der Waals surface area contributed by atoms with E-state index in [1.807, 2.05) is 19.9 Å². The molecule has 4 N–H and O–H groups in total. The number of nitrogens with zero attached hydrogens (tertiary/aromatic N) is 1. The Morgan fingerprint density at radius 1 is 1.00 bits per heavy atom. The summed E-state index contributed by atoms with van der Waals surface area (Å²) >= 11 is 6.10. The summed E-state index contributed by atoms with van der Waals surface area (Å²) in [5.74, 6) is 1.14. The molecule has 0 unspecified atom stereocenters. The van der Waals surface area contributed by atoms with Crippen LogP contribution in [0.1, 0.15) is 21.6 Å². The molecule has 1 heterocycles. The fourth-order valence-electron chi connectivity index (χ4n) is 2.85. The number of amides is 3. The van der Waals surface area contributed by atoms with Gasteiger partial charge in [-0.25, -0.2) is 4.79 Å². The van der Waals surface area contributed by atoms with E-state index >= 15 is 0 Å². The summed E-state index contributed by atoms with van der Waals surface area (Å²) in [4.78, 5) is 28.2. The van der Waals surface area contributed by atoms with Crippen LogP contribution >= 0.6 is 11.6 Å². The predicted octanol–water partition coefficient (Wildman–Crippen LogP) is 4.66. The molecule has 9 nitrogen and oxygen atoms in total. The van der Waals surface area contributed by atoms with Gasteiger partial charge in [-0.15, -0.1) is 0 Å². The van der Waals surface area contributed by atoms with E-state index in [-0.39, 0.29) is 11.6 Å². The van der Waals surface area contributed by atoms with Crippen LogP contribution in [0, 0.1) is 13.8 Å². The highest BCUT2D eigenvalue weighted by Crippen LogP contribution is 2.31. The molecule has 172 valence electrons. The number of carbonyl (C=O) groups excluding carboxylic acids is 2. The first-order chi connectivity index (χ1) is 15.8. The van der Waals surface area contributed by atoms with Crippen LogP contribution in [-0.2, 0) is 0 Å². The first kappa shape index (κ1) is 23.7.